The van der Waals surface area contributed by atoms with Crippen molar-refractivity contribution in [2.24, 2.45) is 0 Å². The van der Waals surface area contributed by atoms with E-state index in [-0.39, 0.29) is 28.7 Å². The first-order valence-corrected chi connectivity index (χ1v) is 12.7. The largest absolute Gasteiger partial charge is 0.573 e. The van der Waals surface area contributed by atoms with Crippen LogP contribution >= 0.6 is 22.9 Å². The highest BCUT2D eigenvalue weighted by atomic mass is 35.5. The maximum Gasteiger partial charge on any atom is 0.573 e. The molecular formula is C23H20ClF3N2O4S2. The lowest BCUT2D eigenvalue weighted by molar-refractivity contribution is -0.274. The van der Waals surface area contributed by atoms with Crippen molar-refractivity contribution >= 4 is 38.9 Å². The fourth-order valence-electron chi connectivity index (χ4n) is 3.16. The summed E-state index contributed by atoms with van der Waals surface area (Å²) in [6.07, 6.45) is -4.77. The molecule has 0 radical (unpaired) electrons. The Morgan fingerprint density at radius 1 is 1.11 bits per heavy atom. The monoisotopic (exact) mass is 544 g/mol. The summed E-state index contributed by atoms with van der Waals surface area (Å²) >= 11 is 6.73. The maximum absolute atomic E-state index is 12.9. The number of carbonyl (C=O) groups excluding carboxylic acids is 1. The Bertz CT molecular complexity index is 1320. The van der Waals surface area contributed by atoms with Crippen molar-refractivity contribution in [3.8, 4) is 16.9 Å². The van der Waals surface area contributed by atoms with Crippen molar-refractivity contribution in [1.29, 1.82) is 0 Å². The molecule has 1 heterocycles. The summed E-state index contributed by atoms with van der Waals surface area (Å²) in [7, 11) is -3.99. The van der Waals surface area contributed by atoms with Crippen LogP contribution in [0.5, 0.6) is 5.75 Å². The Morgan fingerprint density at radius 3 is 2.37 bits per heavy atom. The zero-order valence-corrected chi connectivity index (χ0v) is 20.7. The average Bonchev–Trinajstić information content (AvgIpc) is 3.24. The molecule has 0 spiro atoms. The van der Waals surface area contributed by atoms with E-state index in [4.69, 9.17) is 11.6 Å². The van der Waals surface area contributed by atoms with Crippen molar-refractivity contribution < 1.29 is 31.1 Å². The second-order valence-electron chi connectivity index (χ2n) is 7.13. The molecule has 186 valence electrons. The van der Waals surface area contributed by atoms with E-state index in [2.05, 4.69) is 16.6 Å². The van der Waals surface area contributed by atoms with Gasteiger partial charge in [-0.1, -0.05) is 48.5 Å². The molecule has 0 atom stereocenters. The molecule has 35 heavy (non-hydrogen) atoms. The van der Waals surface area contributed by atoms with Crippen molar-refractivity contribution in [3.05, 3.63) is 82.8 Å². The molecule has 1 aromatic heterocycles. The van der Waals surface area contributed by atoms with Crippen LogP contribution in [0.15, 0.2) is 77.1 Å². The first-order valence-electron chi connectivity index (χ1n) is 10.1. The van der Waals surface area contributed by atoms with Crippen molar-refractivity contribution in [2.75, 3.05) is 6.54 Å². The molecule has 1 amide bonds. The van der Waals surface area contributed by atoms with E-state index in [1.54, 1.807) is 31.2 Å². The number of carbonyl (C=O) groups is 1. The number of likely N-dealkylation sites (N-methyl/N-ethyl adjacent to an activating group) is 1. The molecule has 12 heteroatoms. The average molecular weight is 545 g/mol. The van der Waals surface area contributed by atoms with Gasteiger partial charge in [-0.05, 0) is 53.9 Å². The lowest BCUT2D eigenvalue weighted by Gasteiger charge is -2.23. The fourth-order valence-corrected chi connectivity index (χ4v) is 6.20. The van der Waals surface area contributed by atoms with Gasteiger partial charge in [0.15, 0.2) is 0 Å². The van der Waals surface area contributed by atoms with Crippen LogP contribution in [0.4, 0.5) is 13.2 Å². The number of nitrogens with zero attached hydrogens (tertiary/aromatic N) is 1. The minimum Gasteiger partial charge on any atom is -0.406 e. The Labute approximate surface area is 209 Å². The number of halogens is 4. The second kappa shape index (κ2) is 10.7. The van der Waals surface area contributed by atoms with Crippen LogP contribution < -0.4 is 10.1 Å². The van der Waals surface area contributed by atoms with E-state index in [0.717, 1.165) is 15.6 Å². The molecule has 0 unspecified atom stereocenters. The molecule has 0 fully saturated rings. The molecule has 0 bridgehead atoms. The summed E-state index contributed by atoms with van der Waals surface area (Å²) < 4.78 is 67.9. The number of sulfonamides is 1. The molecule has 2 aromatic carbocycles. The Hall–Kier alpha value is -3.02. The summed E-state index contributed by atoms with van der Waals surface area (Å²) in [5.41, 5.74) is 1.81. The number of ether oxygens (including phenoxy) is 1. The van der Waals surface area contributed by atoms with Crippen LogP contribution in [0.3, 0.4) is 0 Å². The van der Waals surface area contributed by atoms with E-state index in [1.165, 1.54) is 36.4 Å². The molecule has 1 N–H and O–H groups in total. The molecular weight excluding hydrogens is 525 g/mol. The van der Waals surface area contributed by atoms with Crippen LogP contribution in [0, 0.1) is 0 Å². The molecule has 0 saturated carbocycles. The van der Waals surface area contributed by atoms with Gasteiger partial charge in [-0.3, -0.25) is 9.10 Å². The van der Waals surface area contributed by atoms with Crippen molar-refractivity contribution in [3.63, 3.8) is 0 Å². The number of rotatable bonds is 9. The van der Waals surface area contributed by atoms with Gasteiger partial charge in [0, 0.05) is 13.1 Å². The summed E-state index contributed by atoms with van der Waals surface area (Å²) in [4.78, 5) is 12.7. The maximum atomic E-state index is 12.9. The molecule has 3 aromatic rings. The first-order chi connectivity index (χ1) is 16.4. The van der Waals surface area contributed by atoms with Gasteiger partial charge in [0.25, 0.3) is 15.9 Å². The van der Waals surface area contributed by atoms with Gasteiger partial charge in [0.2, 0.25) is 0 Å². The van der Waals surface area contributed by atoms with Crippen LogP contribution in [-0.4, -0.2) is 31.5 Å². The summed E-state index contributed by atoms with van der Waals surface area (Å²) in [5.74, 6) is -0.999. The van der Waals surface area contributed by atoms with Gasteiger partial charge < -0.3 is 10.1 Å². The van der Waals surface area contributed by atoms with E-state index < -0.39 is 22.3 Å². The third kappa shape index (κ3) is 6.77. The molecule has 3 rings (SSSR count). The summed E-state index contributed by atoms with van der Waals surface area (Å²) in [5, 5.41) is 2.64. The van der Waals surface area contributed by atoms with Crippen LogP contribution in [0.25, 0.3) is 11.1 Å². The van der Waals surface area contributed by atoms with E-state index in [1.807, 2.05) is 0 Å². The number of hydrogen-bond acceptors (Lipinski definition) is 5. The van der Waals surface area contributed by atoms with Gasteiger partial charge in [-0.25, -0.2) is 8.42 Å². The van der Waals surface area contributed by atoms with Gasteiger partial charge in [0.05, 0.1) is 4.34 Å². The van der Waals surface area contributed by atoms with Crippen LogP contribution in [-0.2, 0) is 21.4 Å². The van der Waals surface area contributed by atoms with E-state index in [0.29, 0.717) is 21.0 Å². The summed E-state index contributed by atoms with van der Waals surface area (Å²) in [6, 6.07) is 15.2. The smallest absolute Gasteiger partial charge is 0.406 e. The van der Waals surface area contributed by atoms with Gasteiger partial charge >= 0.3 is 6.36 Å². The molecule has 6 nitrogen and oxygen atoms in total. The predicted molar refractivity (Wildman–Crippen MR) is 128 cm³/mol. The van der Waals surface area contributed by atoms with Gasteiger partial charge in [0.1, 0.15) is 15.7 Å². The number of benzene rings is 2. The summed E-state index contributed by atoms with van der Waals surface area (Å²) in [6.45, 7) is 5.30. The second-order valence-corrected chi connectivity index (χ2v) is 10.9. The van der Waals surface area contributed by atoms with Crippen LogP contribution in [0.1, 0.15) is 12.5 Å². The lowest BCUT2D eigenvalue weighted by atomic mass is 10.0. The van der Waals surface area contributed by atoms with Gasteiger partial charge in [-0.2, -0.15) is 0 Å². The molecule has 0 saturated heterocycles. The normalized spacial score (nSPS) is 11.7. The molecule has 0 aliphatic rings. The van der Waals surface area contributed by atoms with Crippen molar-refractivity contribution in [1.82, 2.24) is 9.62 Å². The number of nitrogens with one attached hydrogen (secondary N) is 1. The number of thiophene rings is 1. The zero-order chi connectivity index (χ0) is 25.8. The van der Waals surface area contributed by atoms with E-state index >= 15 is 0 Å². The van der Waals surface area contributed by atoms with Gasteiger partial charge in [-0.15, -0.1) is 24.5 Å². The van der Waals surface area contributed by atoms with Crippen LogP contribution in [0.2, 0.25) is 4.34 Å². The minimum atomic E-state index is -4.77. The third-order valence-electron chi connectivity index (χ3n) is 4.74. The molecule has 0 aliphatic carbocycles. The highest BCUT2D eigenvalue weighted by Gasteiger charge is 2.31. The lowest BCUT2D eigenvalue weighted by Crippen LogP contribution is -2.37. The highest BCUT2D eigenvalue weighted by molar-refractivity contribution is 7.91. The highest BCUT2D eigenvalue weighted by Crippen LogP contribution is 2.30. The molecule has 0 aliphatic heterocycles. The number of alkyl halides is 3. The minimum absolute atomic E-state index is 0.00217. The Balaban J connectivity index is 1.68. The third-order valence-corrected chi connectivity index (χ3v) is 8.36. The Kier molecular flexibility index (Phi) is 8.14. The first kappa shape index (κ1) is 26.6. The zero-order valence-electron chi connectivity index (χ0n) is 18.3. The SMILES string of the molecule is C=C(C(=O)NCc1cccc(-c2ccc(OC(F)(F)F)cc2)c1)N(CC)S(=O)(=O)c1ccc(Cl)s1. The topological polar surface area (TPSA) is 75.7 Å². The number of hydrogen-bond donors (Lipinski definition) is 1. The van der Waals surface area contributed by atoms with Crippen molar-refractivity contribution in [2.45, 2.75) is 24.0 Å². The number of amides is 1. The Morgan fingerprint density at radius 2 is 1.80 bits per heavy atom. The predicted octanol–water partition coefficient (Wildman–Crippen LogP) is 5.81. The van der Waals surface area contributed by atoms with E-state index in [9.17, 15) is 26.4 Å². The fraction of sp³-hybridized carbons (Fsp3) is 0.174. The standard InChI is InChI=1S/C23H20ClF3N2O4S2/c1-3-29(35(31,32)21-12-11-20(24)34-21)15(2)22(30)28-14-16-5-4-6-18(13-16)17-7-9-19(10-8-17)33-23(25,26)27/h4-13H,2-3,14H2,1H3,(H,28,30). The quantitative estimate of drug-likeness (QED) is 0.345.